The quantitative estimate of drug-likeness (QED) is 0.664. The predicted octanol–water partition coefficient (Wildman–Crippen LogP) is 3.92. The molecule has 18 heavy (non-hydrogen) atoms. The molecule has 0 saturated carbocycles. The highest BCUT2D eigenvalue weighted by Gasteiger charge is 2.08. The maximum absolute atomic E-state index is 6.04. The molecule has 0 aliphatic rings. The first-order chi connectivity index (χ1) is 8.83. The van der Waals surface area contributed by atoms with Crippen LogP contribution in [0.1, 0.15) is 0 Å². The Morgan fingerprint density at radius 2 is 1.83 bits per heavy atom. The van der Waals surface area contributed by atoms with Gasteiger partial charge in [-0.1, -0.05) is 41.9 Å². The first-order valence-corrected chi connectivity index (χ1v) is 6.63. The Kier molecular flexibility index (Phi) is 3.04. The van der Waals surface area contributed by atoms with Crippen molar-refractivity contribution in [3.63, 3.8) is 0 Å². The van der Waals surface area contributed by atoms with Gasteiger partial charge in [-0.05, 0) is 0 Å². The van der Waals surface area contributed by atoms with E-state index in [1.807, 2.05) is 35.7 Å². The molecule has 0 radical (unpaired) electrons. The third kappa shape index (κ3) is 2.25. The van der Waals surface area contributed by atoms with Crippen molar-refractivity contribution in [1.29, 1.82) is 0 Å². The number of halogens is 1. The smallest absolute Gasteiger partial charge is 0.161 e. The normalized spacial score (nSPS) is 10.5. The van der Waals surface area contributed by atoms with Crippen LogP contribution in [0, 0.1) is 0 Å². The molecule has 0 spiro atoms. The van der Waals surface area contributed by atoms with Crippen LogP contribution in [-0.4, -0.2) is 15.0 Å². The average Bonchev–Trinajstić information content (AvgIpc) is 2.93. The molecule has 0 fully saturated rings. The molecule has 5 heteroatoms. The van der Waals surface area contributed by atoms with Gasteiger partial charge in [0.15, 0.2) is 5.82 Å². The van der Waals surface area contributed by atoms with Crippen molar-refractivity contribution in [2.75, 3.05) is 0 Å². The first kappa shape index (κ1) is 11.3. The van der Waals surface area contributed by atoms with Crippen molar-refractivity contribution < 1.29 is 0 Å². The summed E-state index contributed by atoms with van der Waals surface area (Å²) in [5.41, 5.74) is 4.28. The standard InChI is InChI=1S/C13H8ClN3S/c14-12-6-10(11-7-18-8-15-11)16-13(17-12)9-4-2-1-3-5-9/h1-8H. The zero-order valence-corrected chi connectivity index (χ0v) is 10.8. The van der Waals surface area contributed by atoms with Crippen LogP contribution in [0.25, 0.3) is 22.8 Å². The van der Waals surface area contributed by atoms with E-state index in [-0.39, 0.29) is 0 Å². The Balaban J connectivity index is 2.12. The Bertz CT molecular complexity index is 653. The summed E-state index contributed by atoms with van der Waals surface area (Å²) in [7, 11) is 0. The van der Waals surface area contributed by atoms with E-state index >= 15 is 0 Å². The fourth-order valence-electron chi connectivity index (χ4n) is 1.60. The lowest BCUT2D eigenvalue weighted by atomic mass is 10.2. The Morgan fingerprint density at radius 1 is 1.00 bits per heavy atom. The molecule has 3 nitrogen and oxygen atoms in total. The maximum atomic E-state index is 6.04. The molecule has 0 aliphatic carbocycles. The lowest BCUT2D eigenvalue weighted by Gasteiger charge is -2.03. The highest BCUT2D eigenvalue weighted by Crippen LogP contribution is 2.23. The molecule has 0 saturated heterocycles. The first-order valence-electron chi connectivity index (χ1n) is 5.31. The van der Waals surface area contributed by atoms with Gasteiger partial charge in [-0.15, -0.1) is 11.3 Å². The van der Waals surface area contributed by atoms with E-state index in [4.69, 9.17) is 11.6 Å². The van der Waals surface area contributed by atoms with Crippen LogP contribution in [0.2, 0.25) is 5.15 Å². The molecule has 0 aliphatic heterocycles. The summed E-state index contributed by atoms with van der Waals surface area (Å²) >= 11 is 7.57. The Morgan fingerprint density at radius 3 is 2.56 bits per heavy atom. The number of benzene rings is 1. The molecule has 1 aromatic carbocycles. The summed E-state index contributed by atoms with van der Waals surface area (Å²) in [5.74, 6) is 0.617. The third-order valence-corrected chi connectivity index (χ3v) is 3.20. The van der Waals surface area contributed by atoms with Gasteiger partial charge in [0.1, 0.15) is 5.15 Å². The van der Waals surface area contributed by atoms with Crippen LogP contribution < -0.4 is 0 Å². The van der Waals surface area contributed by atoms with Crippen LogP contribution in [-0.2, 0) is 0 Å². The molecule has 3 aromatic rings. The SMILES string of the molecule is Clc1cc(-c2cscn2)nc(-c2ccccc2)n1. The van der Waals surface area contributed by atoms with Crippen molar-refractivity contribution in [2.45, 2.75) is 0 Å². The van der Waals surface area contributed by atoms with Crippen molar-refractivity contribution in [3.05, 3.63) is 52.4 Å². The highest BCUT2D eigenvalue weighted by molar-refractivity contribution is 7.07. The molecule has 2 aromatic heterocycles. The fourth-order valence-corrected chi connectivity index (χ4v) is 2.33. The van der Waals surface area contributed by atoms with Gasteiger partial charge < -0.3 is 0 Å². The van der Waals surface area contributed by atoms with Gasteiger partial charge in [0, 0.05) is 17.0 Å². The minimum absolute atomic E-state index is 0.423. The summed E-state index contributed by atoms with van der Waals surface area (Å²) in [6.07, 6.45) is 0. The monoisotopic (exact) mass is 273 g/mol. The lowest BCUT2D eigenvalue weighted by Crippen LogP contribution is -1.92. The molecule has 88 valence electrons. The molecular weight excluding hydrogens is 266 g/mol. The number of rotatable bonds is 2. The van der Waals surface area contributed by atoms with Crippen molar-refractivity contribution in [1.82, 2.24) is 15.0 Å². The van der Waals surface area contributed by atoms with Crippen LogP contribution in [0.3, 0.4) is 0 Å². The van der Waals surface area contributed by atoms with Crippen molar-refractivity contribution in [3.8, 4) is 22.8 Å². The molecule has 0 N–H and O–H groups in total. The lowest BCUT2D eigenvalue weighted by molar-refractivity contribution is 1.17. The summed E-state index contributed by atoms with van der Waals surface area (Å²) in [4.78, 5) is 13.0. The van der Waals surface area contributed by atoms with E-state index in [1.54, 1.807) is 11.6 Å². The van der Waals surface area contributed by atoms with Crippen LogP contribution in [0.15, 0.2) is 47.3 Å². The highest BCUT2D eigenvalue weighted by atomic mass is 35.5. The van der Waals surface area contributed by atoms with Gasteiger partial charge >= 0.3 is 0 Å². The van der Waals surface area contributed by atoms with E-state index < -0.39 is 0 Å². The van der Waals surface area contributed by atoms with Gasteiger partial charge in [0.2, 0.25) is 0 Å². The third-order valence-electron chi connectivity index (χ3n) is 2.42. The van der Waals surface area contributed by atoms with E-state index in [0.29, 0.717) is 11.0 Å². The van der Waals surface area contributed by atoms with Gasteiger partial charge in [-0.25, -0.2) is 15.0 Å². The van der Waals surface area contributed by atoms with E-state index in [1.165, 1.54) is 11.3 Å². The largest absolute Gasteiger partial charge is 0.243 e. The summed E-state index contributed by atoms with van der Waals surface area (Å²) in [6.45, 7) is 0. The van der Waals surface area contributed by atoms with Crippen LogP contribution in [0.4, 0.5) is 0 Å². The number of thiazole rings is 1. The Hall–Kier alpha value is -1.78. The maximum Gasteiger partial charge on any atom is 0.161 e. The van der Waals surface area contributed by atoms with Crippen molar-refractivity contribution >= 4 is 22.9 Å². The molecule has 0 bridgehead atoms. The van der Waals surface area contributed by atoms with Crippen LogP contribution >= 0.6 is 22.9 Å². The summed E-state index contributed by atoms with van der Waals surface area (Å²) in [6, 6.07) is 11.5. The molecule has 2 heterocycles. The molecular formula is C13H8ClN3S. The summed E-state index contributed by atoms with van der Waals surface area (Å²) < 4.78 is 0. The second-order valence-electron chi connectivity index (χ2n) is 3.64. The van der Waals surface area contributed by atoms with Gasteiger partial charge in [-0.3, -0.25) is 0 Å². The Labute approximate surface area is 113 Å². The second-order valence-corrected chi connectivity index (χ2v) is 4.75. The van der Waals surface area contributed by atoms with E-state index in [2.05, 4.69) is 15.0 Å². The molecule has 0 atom stereocenters. The predicted molar refractivity (Wildman–Crippen MR) is 73.6 cm³/mol. The minimum Gasteiger partial charge on any atom is -0.243 e. The van der Waals surface area contributed by atoms with Gasteiger partial charge in [0.05, 0.1) is 16.9 Å². The second kappa shape index (κ2) is 4.84. The fraction of sp³-hybridized carbons (Fsp3) is 0. The van der Waals surface area contributed by atoms with E-state index in [9.17, 15) is 0 Å². The van der Waals surface area contributed by atoms with Crippen molar-refractivity contribution in [2.24, 2.45) is 0 Å². The molecule has 0 unspecified atom stereocenters. The van der Waals surface area contributed by atoms with Crippen LogP contribution in [0.5, 0.6) is 0 Å². The number of hydrogen-bond donors (Lipinski definition) is 0. The summed E-state index contributed by atoms with van der Waals surface area (Å²) in [5, 5.41) is 2.36. The zero-order chi connectivity index (χ0) is 12.4. The average molecular weight is 274 g/mol. The number of hydrogen-bond acceptors (Lipinski definition) is 4. The minimum atomic E-state index is 0.423. The molecule has 3 rings (SSSR count). The zero-order valence-electron chi connectivity index (χ0n) is 9.25. The number of aromatic nitrogens is 3. The number of nitrogens with zero attached hydrogens (tertiary/aromatic N) is 3. The van der Waals surface area contributed by atoms with Gasteiger partial charge in [0.25, 0.3) is 0 Å². The topological polar surface area (TPSA) is 38.7 Å². The van der Waals surface area contributed by atoms with Gasteiger partial charge in [-0.2, -0.15) is 0 Å². The molecule has 0 amide bonds. The van der Waals surface area contributed by atoms with E-state index in [0.717, 1.165) is 17.0 Å².